The van der Waals surface area contributed by atoms with Crippen LogP contribution in [0.4, 0.5) is 0 Å². The van der Waals surface area contributed by atoms with Gasteiger partial charge in [-0.05, 0) is 6.07 Å². The van der Waals surface area contributed by atoms with Gasteiger partial charge in [-0.1, -0.05) is 18.2 Å². The lowest BCUT2D eigenvalue weighted by atomic mass is 10.0. The first-order valence-electron chi connectivity index (χ1n) is 4.15. The van der Waals surface area contributed by atoms with Crippen molar-refractivity contribution in [3.8, 4) is 0 Å². The quantitative estimate of drug-likeness (QED) is 0.729. The van der Waals surface area contributed by atoms with Crippen LogP contribution in [0.2, 0.25) is 0 Å². The number of aliphatic hydroxyl groups is 1. The van der Waals surface area contributed by atoms with E-state index < -0.39 is 0 Å². The normalized spacial score (nSPS) is 14.2. The van der Waals surface area contributed by atoms with Crippen LogP contribution in [-0.4, -0.2) is 23.3 Å². The lowest BCUT2D eigenvalue weighted by molar-refractivity contribution is 0.101. The van der Waals surface area contributed by atoms with E-state index in [2.05, 4.69) is 4.99 Å². The third kappa shape index (κ3) is 1.27. The molecule has 0 bridgehead atoms. The van der Waals surface area contributed by atoms with Crippen LogP contribution in [0, 0.1) is 0 Å². The fourth-order valence-electron chi connectivity index (χ4n) is 1.46. The standard InChI is InChI=1S/C10H9NO2/c12-6-5-9-7-3-1-2-4-8(7)10(13)11-9/h1-4,12H,5-6H2. The van der Waals surface area contributed by atoms with E-state index in [1.165, 1.54) is 0 Å². The minimum absolute atomic E-state index is 0.0282. The lowest BCUT2D eigenvalue weighted by Crippen LogP contribution is -2.00. The molecule has 0 fully saturated rings. The number of hydrogen-bond donors (Lipinski definition) is 1. The molecule has 1 heterocycles. The molecule has 2 rings (SSSR count). The van der Waals surface area contributed by atoms with Crippen LogP contribution < -0.4 is 0 Å². The Hall–Kier alpha value is -1.48. The molecule has 3 nitrogen and oxygen atoms in total. The Bertz CT molecular complexity index is 382. The molecular weight excluding hydrogens is 166 g/mol. The zero-order chi connectivity index (χ0) is 9.26. The van der Waals surface area contributed by atoms with Gasteiger partial charge in [-0.25, -0.2) is 4.99 Å². The Morgan fingerprint density at radius 3 is 2.62 bits per heavy atom. The maximum absolute atomic E-state index is 11.3. The second kappa shape index (κ2) is 3.11. The van der Waals surface area contributed by atoms with Crippen molar-refractivity contribution in [2.24, 2.45) is 4.99 Å². The van der Waals surface area contributed by atoms with Gasteiger partial charge >= 0.3 is 0 Å². The van der Waals surface area contributed by atoms with Crippen LogP contribution in [0.1, 0.15) is 22.3 Å². The molecule has 0 spiro atoms. The van der Waals surface area contributed by atoms with Crippen molar-refractivity contribution in [2.75, 3.05) is 6.61 Å². The second-order valence-electron chi connectivity index (χ2n) is 2.88. The van der Waals surface area contributed by atoms with E-state index in [0.717, 1.165) is 5.56 Å². The molecule has 0 radical (unpaired) electrons. The fourth-order valence-corrected chi connectivity index (χ4v) is 1.46. The van der Waals surface area contributed by atoms with E-state index in [0.29, 0.717) is 17.7 Å². The highest BCUT2D eigenvalue weighted by atomic mass is 16.3. The van der Waals surface area contributed by atoms with E-state index in [1.807, 2.05) is 18.2 Å². The maximum Gasteiger partial charge on any atom is 0.277 e. The van der Waals surface area contributed by atoms with Crippen molar-refractivity contribution < 1.29 is 9.90 Å². The van der Waals surface area contributed by atoms with Gasteiger partial charge in [0.25, 0.3) is 5.91 Å². The Labute approximate surface area is 75.7 Å². The molecule has 0 unspecified atom stereocenters. The number of carbonyl (C=O) groups is 1. The Morgan fingerprint density at radius 1 is 1.23 bits per heavy atom. The number of rotatable bonds is 2. The zero-order valence-corrected chi connectivity index (χ0v) is 7.03. The Kier molecular flexibility index (Phi) is 1.94. The summed E-state index contributed by atoms with van der Waals surface area (Å²) >= 11 is 0. The second-order valence-corrected chi connectivity index (χ2v) is 2.88. The first-order valence-corrected chi connectivity index (χ1v) is 4.15. The summed E-state index contributed by atoms with van der Waals surface area (Å²) in [5.74, 6) is -0.195. The van der Waals surface area contributed by atoms with E-state index in [9.17, 15) is 4.79 Å². The van der Waals surface area contributed by atoms with Crippen LogP contribution in [0.5, 0.6) is 0 Å². The lowest BCUT2D eigenvalue weighted by Gasteiger charge is -1.98. The van der Waals surface area contributed by atoms with E-state index in [-0.39, 0.29) is 12.5 Å². The third-order valence-electron chi connectivity index (χ3n) is 2.05. The number of benzene rings is 1. The third-order valence-corrected chi connectivity index (χ3v) is 2.05. The summed E-state index contributed by atoms with van der Waals surface area (Å²) in [5, 5.41) is 8.75. The number of hydrogen-bond acceptors (Lipinski definition) is 2. The SMILES string of the molecule is O=C1N=C(CCO)c2ccccc21. The molecule has 1 aromatic carbocycles. The zero-order valence-electron chi connectivity index (χ0n) is 7.03. The summed E-state index contributed by atoms with van der Waals surface area (Å²) in [6, 6.07) is 7.29. The van der Waals surface area contributed by atoms with Gasteiger partial charge in [0.05, 0.1) is 11.3 Å². The largest absolute Gasteiger partial charge is 0.396 e. The molecule has 0 aromatic heterocycles. The monoisotopic (exact) mass is 175 g/mol. The highest BCUT2D eigenvalue weighted by Crippen LogP contribution is 2.19. The summed E-state index contributed by atoms with van der Waals surface area (Å²) < 4.78 is 0. The van der Waals surface area contributed by atoms with Crippen molar-refractivity contribution in [3.05, 3.63) is 35.4 Å². The molecule has 1 aromatic rings. The molecule has 3 heteroatoms. The highest BCUT2D eigenvalue weighted by Gasteiger charge is 2.21. The van der Waals surface area contributed by atoms with Crippen molar-refractivity contribution >= 4 is 11.6 Å². The van der Waals surface area contributed by atoms with Crippen LogP contribution in [0.25, 0.3) is 0 Å². The highest BCUT2D eigenvalue weighted by molar-refractivity contribution is 6.21. The van der Waals surface area contributed by atoms with Crippen LogP contribution in [0.15, 0.2) is 29.3 Å². The maximum atomic E-state index is 11.3. The summed E-state index contributed by atoms with van der Waals surface area (Å²) in [6.45, 7) is 0.0282. The molecule has 1 aliphatic rings. The van der Waals surface area contributed by atoms with Crippen molar-refractivity contribution in [2.45, 2.75) is 6.42 Å². The van der Waals surface area contributed by atoms with Gasteiger partial charge in [0, 0.05) is 18.6 Å². The molecule has 1 aliphatic heterocycles. The van der Waals surface area contributed by atoms with E-state index in [1.54, 1.807) is 6.07 Å². The van der Waals surface area contributed by atoms with Crippen LogP contribution in [0.3, 0.4) is 0 Å². The van der Waals surface area contributed by atoms with Gasteiger partial charge in [0.2, 0.25) is 0 Å². The topological polar surface area (TPSA) is 49.7 Å². The van der Waals surface area contributed by atoms with Gasteiger partial charge < -0.3 is 5.11 Å². The Morgan fingerprint density at radius 2 is 1.92 bits per heavy atom. The molecule has 1 amide bonds. The molecule has 13 heavy (non-hydrogen) atoms. The number of aliphatic imine (C=N–C) groups is 1. The van der Waals surface area contributed by atoms with Gasteiger partial charge in [-0.2, -0.15) is 0 Å². The predicted molar refractivity (Wildman–Crippen MR) is 49.0 cm³/mol. The van der Waals surface area contributed by atoms with Crippen LogP contribution in [-0.2, 0) is 0 Å². The average molecular weight is 175 g/mol. The molecule has 0 atom stereocenters. The van der Waals surface area contributed by atoms with Gasteiger partial charge in [-0.15, -0.1) is 0 Å². The van der Waals surface area contributed by atoms with Gasteiger partial charge in [0.1, 0.15) is 0 Å². The smallest absolute Gasteiger partial charge is 0.277 e. The number of nitrogens with zero attached hydrogens (tertiary/aromatic N) is 1. The molecule has 66 valence electrons. The van der Waals surface area contributed by atoms with E-state index >= 15 is 0 Å². The number of carbonyl (C=O) groups excluding carboxylic acids is 1. The molecule has 0 aliphatic carbocycles. The molecule has 1 N–H and O–H groups in total. The van der Waals surface area contributed by atoms with Crippen LogP contribution >= 0.6 is 0 Å². The molecule has 0 saturated heterocycles. The Balaban J connectivity index is 2.45. The predicted octanol–water partition coefficient (Wildman–Crippen LogP) is 1.01. The first kappa shape index (κ1) is 8.13. The molecular formula is C10H9NO2. The number of amides is 1. The summed E-state index contributed by atoms with van der Waals surface area (Å²) in [5.41, 5.74) is 2.20. The van der Waals surface area contributed by atoms with Crippen molar-refractivity contribution in [1.29, 1.82) is 0 Å². The average Bonchev–Trinajstić information content (AvgIpc) is 2.46. The van der Waals surface area contributed by atoms with E-state index in [4.69, 9.17) is 5.11 Å². The van der Waals surface area contributed by atoms with Gasteiger partial charge in [0.15, 0.2) is 0 Å². The minimum atomic E-state index is -0.195. The number of aliphatic hydroxyl groups excluding tert-OH is 1. The summed E-state index contributed by atoms with van der Waals surface area (Å²) in [7, 11) is 0. The van der Waals surface area contributed by atoms with Crippen molar-refractivity contribution in [3.63, 3.8) is 0 Å². The number of fused-ring (bicyclic) bond motifs is 1. The summed E-state index contributed by atoms with van der Waals surface area (Å²) in [6.07, 6.45) is 0.447. The molecule has 0 saturated carbocycles. The minimum Gasteiger partial charge on any atom is -0.396 e. The fraction of sp³-hybridized carbons (Fsp3) is 0.200. The van der Waals surface area contributed by atoms with Gasteiger partial charge in [-0.3, -0.25) is 4.79 Å². The summed E-state index contributed by atoms with van der Waals surface area (Å²) in [4.78, 5) is 15.1. The van der Waals surface area contributed by atoms with Crippen molar-refractivity contribution in [1.82, 2.24) is 0 Å². The first-order chi connectivity index (χ1) is 6.33.